The highest BCUT2D eigenvalue weighted by atomic mass is 35.5. The van der Waals surface area contributed by atoms with Crippen molar-refractivity contribution in [1.29, 1.82) is 0 Å². The van der Waals surface area contributed by atoms with Crippen LogP contribution in [0.1, 0.15) is 5.76 Å². The van der Waals surface area contributed by atoms with Crippen LogP contribution in [0.5, 0.6) is 5.75 Å². The summed E-state index contributed by atoms with van der Waals surface area (Å²) in [5.74, 6) is 1.31. The van der Waals surface area contributed by atoms with Crippen molar-refractivity contribution < 1.29 is 23.1 Å². The minimum Gasteiger partial charge on any atom is -0.487 e. The summed E-state index contributed by atoms with van der Waals surface area (Å²) in [5.41, 5.74) is 1.38. The number of para-hydroxylation sites is 1. The first-order valence-corrected chi connectivity index (χ1v) is 9.51. The van der Waals surface area contributed by atoms with Gasteiger partial charge in [-0.05, 0) is 24.3 Å². The van der Waals surface area contributed by atoms with Crippen LogP contribution < -0.4 is 10.1 Å². The Hall–Kier alpha value is -3.00. The summed E-state index contributed by atoms with van der Waals surface area (Å²) in [6.45, 7) is 0.332. The van der Waals surface area contributed by atoms with E-state index in [0.717, 1.165) is 16.8 Å². The number of nitrogens with zero attached hydrogens (tertiary/aromatic N) is 2. The van der Waals surface area contributed by atoms with Gasteiger partial charge in [0.1, 0.15) is 35.5 Å². The van der Waals surface area contributed by atoms with Crippen molar-refractivity contribution in [3.63, 3.8) is 0 Å². The van der Waals surface area contributed by atoms with Gasteiger partial charge < -0.3 is 24.1 Å². The molecule has 1 aromatic carbocycles. The monoisotopic (exact) mass is 419 g/mol. The van der Waals surface area contributed by atoms with Gasteiger partial charge in [0.15, 0.2) is 6.10 Å². The van der Waals surface area contributed by atoms with Crippen LogP contribution in [0.4, 0.5) is 14.9 Å². The Morgan fingerprint density at radius 1 is 1.34 bits per heavy atom. The van der Waals surface area contributed by atoms with Crippen molar-refractivity contribution in [2.24, 2.45) is 0 Å². The molecule has 1 aliphatic rings. The first-order chi connectivity index (χ1) is 14.1. The molecule has 0 bridgehead atoms. The molecule has 1 unspecified atom stereocenters. The van der Waals surface area contributed by atoms with Gasteiger partial charge in [-0.1, -0.05) is 23.7 Å². The third-order valence-electron chi connectivity index (χ3n) is 4.53. The number of amides is 1. The van der Waals surface area contributed by atoms with E-state index in [1.165, 1.54) is 4.90 Å². The number of aromatic nitrogens is 1. The number of rotatable bonds is 8. The smallest absolute Gasteiger partial charge is 0.410 e. The molecule has 1 N–H and O–H groups in total. The Morgan fingerprint density at radius 3 is 3.03 bits per heavy atom. The number of cyclic esters (lactones) is 1. The fourth-order valence-corrected chi connectivity index (χ4v) is 3.37. The third-order valence-corrected chi connectivity index (χ3v) is 4.73. The number of anilines is 1. The fourth-order valence-electron chi connectivity index (χ4n) is 3.18. The molecule has 1 atom stereocenters. The summed E-state index contributed by atoms with van der Waals surface area (Å²) in [6.07, 6.45) is 0.616. The summed E-state index contributed by atoms with van der Waals surface area (Å²) < 4.78 is 28.9. The molecule has 0 aliphatic carbocycles. The SMILES string of the molecule is O=C1OC(COc2cccc3c(NCc4ccco4)cc(Cl)nc23)CN1CCF. The zero-order valence-electron chi connectivity index (χ0n) is 15.4. The predicted octanol–water partition coefficient (Wildman–Crippen LogP) is 4.26. The lowest BCUT2D eigenvalue weighted by molar-refractivity contribution is 0.103. The maximum atomic E-state index is 12.5. The average Bonchev–Trinajstić information content (AvgIpc) is 3.35. The molecular weight excluding hydrogens is 401 g/mol. The Kier molecular flexibility index (Phi) is 5.71. The van der Waals surface area contributed by atoms with E-state index in [4.69, 9.17) is 25.5 Å². The number of hydrogen-bond donors (Lipinski definition) is 1. The normalized spacial score (nSPS) is 16.3. The van der Waals surface area contributed by atoms with Crippen molar-refractivity contribution in [1.82, 2.24) is 9.88 Å². The minimum atomic E-state index is -0.609. The van der Waals surface area contributed by atoms with Crippen molar-refractivity contribution in [3.8, 4) is 5.75 Å². The predicted molar refractivity (Wildman–Crippen MR) is 106 cm³/mol. The summed E-state index contributed by atoms with van der Waals surface area (Å²) in [5, 5.41) is 4.45. The Bertz CT molecular complexity index is 999. The van der Waals surface area contributed by atoms with Gasteiger partial charge in [-0.3, -0.25) is 0 Å². The summed E-state index contributed by atoms with van der Waals surface area (Å²) in [6, 6.07) is 11.0. The van der Waals surface area contributed by atoms with E-state index < -0.39 is 18.9 Å². The van der Waals surface area contributed by atoms with Crippen LogP contribution in [0.25, 0.3) is 10.9 Å². The first-order valence-electron chi connectivity index (χ1n) is 9.14. The molecule has 0 saturated carbocycles. The van der Waals surface area contributed by atoms with E-state index in [2.05, 4.69) is 10.3 Å². The molecule has 2 aromatic heterocycles. The number of nitrogens with one attached hydrogen (secondary N) is 1. The Balaban J connectivity index is 1.50. The van der Waals surface area contributed by atoms with Crippen LogP contribution in [0.2, 0.25) is 5.15 Å². The molecule has 0 spiro atoms. The van der Waals surface area contributed by atoms with Crippen molar-refractivity contribution in [2.45, 2.75) is 12.6 Å². The molecule has 3 heterocycles. The zero-order valence-corrected chi connectivity index (χ0v) is 16.2. The molecule has 29 heavy (non-hydrogen) atoms. The topological polar surface area (TPSA) is 76.8 Å². The van der Waals surface area contributed by atoms with Crippen LogP contribution in [-0.2, 0) is 11.3 Å². The number of carbonyl (C=O) groups excluding carboxylic acids is 1. The van der Waals surface area contributed by atoms with Crippen LogP contribution in [0.15, 0.2) is 47.1 Å². The molecule has 1 fully saturated rings. The number of fused-ring (bicyclic) bond motifs is 1. The fraction of sp³-hybridized carbons (Fsp3) is 0.300. The van der Waals surface area contributed by atoms with E-state index in [0.29, 0.717) is 23.0 Å². The second kappa shape index (κ2) is 8.57. The lowest BCUT2D eigenvalue weighted by Gasteiger charge is -2.14. The van der Waals surface area contributed by atoms with Gasteiger partial charge in [0.05, 0.1) is 25.9 Å². The van der Waals surface area contributed by atoms with Gasteiger partial charge in [-0.2, -0.15) is 0 Å². The third kappa shape index (κ3) is 4.37. The van der Waals surface area contributed by atoms with Gasteiger partial charge >= 0.3 is 6.09 Å². The Labute approximate surface area is 171 Å². The number of carbonyl (C=O) groups is 1. The summed E-state index contributed by atoms with van der Waals surface area (Å²) in [4.78, 5) is 17.4. The van der Waals surface area contributed by atoms with Crippen LogP contribution in [0.3, 0.4) is 0 Å². The molecule has 1 saturated heterocycles. The van der Waals surface area contributed by atoms with E-state index in [1.54, 1.807) is 18.4 Å². The van der Waals surface area contributed by atoms with Gasteiger partial charge in [0.2, 0.25) is 0 Å². The first kappa shape index (κ1) is 19.3. The number of alkyl halides is 1. The van der Waals surface area contributed by atoms with Gasteiger partial charge in [0.25, 0.3) is 0 Å². The maximum Gasteiger partial charge on any atom is 0.410 e. The minimum absolute atomic E-state index is 0.0193. The number of benzene rings is 1. The lowest BCUT2D eigenvalue weighted by atomic mass is 10.1. The summed E-state index contributed by atoms with van der Waals surface area (Å²) >= 11 is 6.22. The molecule has 152 valence electrons. The zero-order chi connectivity index (χ0) is 20.2. The van der Waals surface area contributed by atoms with E-state index >= 15 is 0 Å². The van der Waals surface area contributed by atoms with Gasteiger partial charge in [-0.15, -0.1) is 0 Å². The molecular formula is C20H19ClFN3O4. The second-order valence-corrected chi connectivity index (χ2v) is 6.92. The number of furan rings is 1. The molecule has 3 aromatic rings. The number of hydrogen-bond acceptors (Lipinski definition) is 6. The van der Waals surface area contributed by atoms with E-state index in [1.807, 2.05) is 24.3 Å². The number of halogens is 2. The van der Waals surface area contributed by atoms with Crippen molar-refractivity contribution in [2.75, 3.05) is 31.7 Å². The summed E-state index contributed by atoms with van der Waals surface area (Å²) in [7, 11) is 0. The Morgan fingerprint density at radius 2 is 2.24 bits per heavy atom. The number of pyridine rings is 1. The average molecular weight is 420 g/mol. The highest BCUT2D eigenvalue weighted by Crippen LogP contribution is 2.32. The lowest BCUT2D eigenvalue weighted by Crippen LogP contribution is -2.28. The van der Waals surface area contributed by atoms with Crippen molar-refractivity contribution in [3.05, 3.63) is 53.6 Å². The molecule has 7 nitrogen and oxygen atoms in total. The highest BCUT2D eigenvalue weighted by Gasteiger charge is 2.31. The van der Waals surface area contributed by atoms with Crippen LogP contribution in [-0.4, -0.2) is 48.5 Å². The second-order valence-electron chi connectivity index (χ2n) is 6.53. The molecule has 4 rings (SSSR count). The molecule has 0 radical (unpaired) electrons. The van der Waals surface area contributed by atoms with Crippen LogP contribution >= 0.6 is 11.6 Å². The quantitative estimate of drug-likeness (QED) is 0.550. The van der Waals surface area contributed by atoms with Crippen molar-refractivity contribution >= 4 is 34.3 Å². The molecule has 1 amide bonds. The van der Waals surface area contributed by atoms with Gasteiger partial charge in [-0.25, -0.2) is 14.2 Å². The van der Waals surface area contributed by atoms with Gasteiger partial charge in [0, 0.05) is 11.1 Å². The largest absolute Gasteiger partial charge is 0.487 e. The standard InChI is InChI=1S/C20H19ClFN3O4/c21-18-9-16(23-10-13-3-2-8-27-13)15-4-1-5-17(19(15)24-18)28-12-14-11-25(7-6-22)20(26)29-14/h1-5,8-9,14H,6-7,10-12H2,(H,23,24). The van der Waals surface area contributed by atoms with Crippen LogP contribution in [0, 0.1) is 0 Å². The van der Waals surface area contributed by atoms with E-state index in [9.17, 15) is 9.18 Å². The number of ether oxygens (including phenoxy) is 2. The van der Waals surface area contributed by atoms with E-state index in [-0.39, 0.29) is 19.7 Å². The highest BCUT2D eigenvalue weighted by molar-refractivity contribution is 6.30. The molecule has 9 heteroatoms. The maximum absolute atomic E-state index is 12.5. The molecule has 1 aliphatic heterocycles.